The van der Waals surface area contributed by atoms with Crippen LogP contribution in [0.3, 0.4) is 0 Å². The SMILES string of the molecule is Cc1ccc(C(=O)N2CCN(C(=O)c3ccc(C(F)(F)F)cc3N)CC2)c(N)c1. The Morgan fingerprint density at radius 1 is 0.828 bits per heavy atom. The number of nitrogens with two attached hydrogens (primary N) is 2. The van der Waals surface area contributed by atoms with E-state index in [1.54, 1.807) is 23.1 Å². The third-order valence-corrected chi connectivity index (χ3v) is 4.90. The Morgan fingerprint density at radius 3 is 1.69 bits per heavy atom. The number of rotatable bonds is 2. The first-order valence-corrected chi connectivity index (χ1v) is 8.99. The first kappa shape index (κ1) is 20.5. The van der Waals surface area contributed by atoms with Crippen molar-refractivity contribution in [1.29, 1.82) is 0 Å². The number of nitrogen functional groups attached to an aromatic ring is 2. The van der Waals surface area contributed by atoms with Crippen molar-refractivity contribution in [2.45, 2.75) is 13.1 Å². The Balaban J connectivity index is 1.67. The van der Waals surface area contributed by atoms with Gasteiger partial charge in [-0.25, -0.2) is 0 Å². The number of hydrogen-bond acceptors (Lipinski definition) is 4. The number of carbonyl (C=O) groups is 2. The molecule has 0 spiro atoms. The molecule has 0 atom stereocenters. The standard InChI is InChI=1S/C20H21F3N4O2/c1-12-2-4-14(16(24)10-12)18(28)26-6-8-27(9-7-26)19(29)15-5-3-13(11-17(15)25)20(21,22)23/h2-5,10-11H,6-9,24-25H2,1H3. The van der Waals surface area contributed by atoms with Gasteiger partial charge in [0.1, 0.15) is 0 Å². The zero-order valence-electron chi connectivity index (χ0n) is 15.8. The third-order valence-electron chi connectivity index (χ3n) is 4.90. The van der Waals surface area contributed by atoms with Crippen LogP contribution in [-0.4, -0.2) is 47.8 Å². The lowest BCUT2D eigenvalue weighted by atomic mass is 10.1. The van der Waals surface area contributed by atoms with Gasteiger partial charge < -0.3 is 21.3 Å². The Labute approximate surface area is 165 Å². The summed E-state index contributed by atoms with van der Waals surface area (Å²) in [5.74, 6) is -0.679. The van der Waals surface area contributed by atoms with Gasteiger partial charge in [0.15, 0.2) is 0 Å². The van der Waals surface area contributed by atoms with Crippen LogP contribution in [0.15, 0.2) is 36.4 Å². The molecule has 2 amide bonds. The number of benzene rings is 2. The van der Waals surface area contributed by atoms with Gasteiger partial charge >= 0.3 is 6.18 Å². The van der Waals surface area contributed by atoms with E-state index in [1.807, 2.05) is 6.92 Å². The van der Waals surface area contributed by atoms with E-state index in [0.717, 1.165) is 23.8 Å². The summed E-state index contributed by atoms with van der Waals surface area (Å²) < 4.78 is 38.3. The van der Waals surface area contributed by atoms with E-state index in [1.165, 1.54) is 4.90 Å². The number of nitrogens with zero attached hydrogens (tertiary/aromatic N) is 2. The van der Waals surface area contributed by atoms with Crippen LogP contribution in [0.5, 0.6) is 0 Å². The number of hydrogen-bond donors (Lipinski definition) is 2. The van der Waals surface area contributed by atoms with Gasteiger partial charge in [0, 0.05) is 37.6 Å². The Bertz CT molecular complexity index is 951. The molecule has 2 aromatic rings. The van der Waals surface area contributed by atoms with E-state index in [-0.39, 0.29) is 30.2 Å². The molecule has 1 aliphatic rings. The minimum atomic E-state index is -4.53. The van der Waals surface area contributed by atoms with Crippen LogP contribution in [-0.2, 0) is 6.18 Å². The van der Waals surface area contributed by atoms with Crippen LogP contribution in [0.1, 0.15) is 31.8 Å². The molecule has 154 valence electrons. The molecule has 0 radical (unpaired) electrons. The largest absolute Gasteiger partial charge is 0.416 e. The van der Waals surface area contributed by atoms with Crippen molar-refractivity contribution in [2.75, 3.05) is 37.6 Å². The quantitative estimate of drug-likeness (QED) is 0.750. The second kappa shape index (κ2) is 7.65. The zero-order valence-corrected chi connectivity index (χ0v) is 15.8. The maximum absolute atomic E-state index is 12.8. The maximum Gasteiger partial charge on any atom is 0.416 e. The molecule has 6 nitrogen and oxygen atoms in total. The Hall–Kier alpha value is -3.23. The lowest BCUT2D eigenvalue weighted by Gasteiger charge is -2.35. The summed E-state index contributed by atoms with van der Waals surface area (Å²) in [6, 6.07) is 7.88. The van der Waals surface area contributed by atoms with Gasteiger partial charge in [-0.1, -0.05) is 6.07 Å². The number of piperazine rings is 1. The highest BCUT2D eigenvalue weighted by molar-refractivity contribution is 6.01. The lowest BCUT2D eigenvalue weighted by molar-refractivity contribution is -0.137. The van der Waals surface area contributed by atoms with E-state index < -0.39 is 17.6 Å². The van der Waals surface area contributed by atoms with Gasteiger partial charge in [0.05, 0.1) is 16.7 Å². The van der Waals surface area contributed by atoms with Gasteiger partial charge in [-0.3, -0.25) is 9.59 Å². The zero-order chi connectivity index (χ0) is 21.3. The average molecular weight is 406 g/mol. The Morgan fingerprint density at radius 2 is 1.28 bits per heavy atom. The molecule has 3 rings (SSSR count). The number of alkyl halides is 3. The molecule has 1 saturated heterocycles. The molecule has 1 fully saturated rings. The molecule has 0 bridgehead atoms. The predicted octanol–water partition coefficient (Wildman–Crippen LogP) is 2.78. The highest BCUT2D eigenvalue weighted by atomic mass is 19.4. The molecule has 0 unspecified atom stereocenters. The van der Waals surface area contributed by atoms with Crippen molar-refractivity contribution in [2.24, 2.45) is 0 Å². The van der Waals surface area contributed by atoms with E-state index in [0.29, 0.717) is 24.3 Å². The van der Waals surface area contributed by atoms with Crippen LogP contribution < -0.4 is 11.5 Å². The van der Waals surface area contributed by atoms with Crippen LogP contribution in [0.4, 0.5) is 24.5 Å². The predicted molar refractivity (Wildman–Crippen MR) is 103 cm³/mol. The summed E-state index contributed by atoms with van der Waals surface area (Å²) in [6.07, 6.45) is -4.53. The minimum Gasteiger partial charge on any atom is -0.398 e. The minimum absolute atomic E-state index is 0.0144. The highest BCUT2D eigenvalue weighted by Gasteiger charge is 2.32. The van der Waals surface area contributed by atoms with Crippen molar-refractivity contribution < 1.29 is 22.8 Å². The summed E-state index contributed by atoms with van der Waals surface area (Å²) in [5, 5.41) is 0. The molecule has 1 heterocycles. The molecule has 1 aliphatic heterocycles. The van der Waals surface area contributed by atoms with E-state index in [4.69, 9.17) is 11.5 Å². The molecule has 0 saturated carbocycles. The van der Waals surface area contributed by atoms with E-state index >= 15 is 0 Å². The molecular weight excluding hydrogens is 385 g/mol. The maximum atomic E-state index is 12.8. The monoisotopic (exact) mass is 406 g/mol. The van der Waals surface area contributed by atoms with Gasteiger partial charge in [0.2, 0.25) is 0 Å². The fraction of sp³-hybridized carbons (Fsp3) is 0.300. The molecule has 0 aliphatic carbocycles. The molecule has 29 heavy (non-hydrogen) atoms. The van der Waals surface area contributed by atoms with Crippen molar-refractivity contribution >= 4 is 23.2 Å². The van der Waals surface area contributed by atoms with Crippen molar-refractivity contribution in [1.82, 2.24) is 9.80 Å². The van der Waals surface area contributed by atoms with E-state index in [2.05, 4.69) is 0 Å². The summed E-state index contributed by atoms with van der Waals surface area (Å²) >= 11 is 0. The fourth-order valence-corrected chi connectivity index (χ4v) is 3.26. The normalized spacial score (nSPS) is 14.8. The van der Waals surface area contributed by atoms with E-state index in [9.17, 15) is 22.8 Å². The van der Waals surface area contributed by atoms with Gasteiger partial charge in [-0.2, -0.15) is 13.2 Å². The Kier molecular flexibility index (Phi) is 5.41. The van der Waals surface area contributed by atoms with Crippen molar-refractivity contribution in [3.8, 4) is 0 Å². The lowest BCUT2D eigenvalue weighted by Crippen LogP contribution is -2.50. The number of halogens is 3. The smallest absolute Gasteiger partial charge is 0.398 e. The second-order valence-electron chi connectivity index (χ2n) is 6.97. The van der Waals surface area contributed by atoms with Crippen molar-refractivity contribution in [3.05, 3.63) is 58.7 Å². The van der Waals surface area contributed by atoms with Crippen LogP contribution in [0.25, 0.3) is 0 Å². The van der Waals surface area contributed by atoms with Gasteiger partial charge in [-0.05, 0) is 42.8 Å². The number of aryl methyl sites for hydroxylation is 1. The average Bonchev–Trinajstić information content (AvgIpc) is 2.66. The second-order valence-corrected chi connectivity index (χ2v) is 6.97. The fourth-order valence-electron chi connectivity index (χ4n) is 3.26. The number of amides is 2. The molecule has 4 N–H and O–H groups in total. The van der Waals surface area contributed by atoms with Crippen LogP contribution in [0.2, 0.25) is 0 Å². The first-order valence-electron chi connectivity index (χ1n) is 8.99. The highest BCUT2D eigenvalue weighted by Crippen LogP contribution is 2.31. The molecule has 2 aromatic carbocycles. The molecular formula is C20H21F3N4O2. The third kappa shape index (κ3) is 4.28. The first-order chi connectivity index (χ1) is 13.6. The van der Waals surface area contributed by atoms with Crippen LogP contribution in [0, 0.1) is 6.92 Å². The number of carbonyl (C=O) groups excluding carboxylic acids is 2. The van der Waals surface area contributed by atoms with Gasteiger partial charge in [0.25, 0.3) is 11.8 Å². The molecule has 9 heteroatoms. The number of anilines is 2. The van der Waals surface area contributed by atoms with Gasteiger partial charge in [-0.15, -0.1) is 0 Å². The van der Waals surface area contributed by atoms with Crippen molar-refractivity contribution in [3.63, 3.8) is 0 Å². The summed E-state index contributed by atoms with van der Waals surface area (Å²) in [4.78, 5) is 28.4. The summed E-state index contributed by atoms with van der Waals surface area (Å²) in [6.45, 7) is 2.95. The summed E-state index contributed by atoms with van der Waals surface area (Å²) in [7, 11) is 0. The summed E-state index contributed by atoms with van der Waals surface area (Å²) in [5.41, 5.74) is 12.2. The topological polar surface area (TPSA) is 92.7 Å². The molecule has 0 aromatic heterocycles. The van der Waals surface area contributed by atoms with Crippen LogP contribution >= 0.6 is 0 Å².